The monoisotopic (exact) mass is 241 g/mol. The normalized spacial score (nSPS) is 10.8. The number of primary amides is 1. The maximum absolute atomic E-state index is 10.5. The zero-order valence-corrected chi connectivity index (χ0v) is 10.2. The lowest BCUT2D eigenvalue weighted by Gasteiger charge is -2.03. The SMILES string of the molecule is CC(C)CNCc1nnc(NCCC(N)=O)o1. The minimum Gasteiger partial charge on any atom is -0.407 e. The van der Waals surface area contributed by atoms with E-state index in [2.05, 4.69) is 34.7 Å². The van der Waals surface area contributed by atoms with Crippen molar-refractivity contribution in [3.8, 4) is 0 Å². The van der Waals surface area contributed by atoms with E-state index in [1.165, 1.54) is 0 Å². The van der Waals surface area contributed by atoms with Crippen LogP contribution in [-0.2, 0) is 11.3 Å². The number of anilines is 1. The summed E-state index contributed by atoms with van der Waals surface area (Å²) in [6, 6.07) is 0.313. The Morgan fingerprint density at radius 1 is 1.47 bits per heavy atom. The summed E-state index contributed by atoms with van der Waals surface area (Å²) < 4.78 is 5.30. The van der Waals surface area contributed by atoms with Crippen molar-refractivity contribution in [2.24, 2.45) is 11.7 Å². The Morgan fingerprint density at radius 3 is 2.88 bits per heavy atom. The van der Waals surface area contributed by atoms with Crippen LogP contribution in [-0.4, -0.2) is 29.2 Å². The Balaban J connectivity index is 2.25. The largest absolute Gasteiger partial charge is 0.407 e. The van der Waals surface area contributed by atoms with Gasteiger partial charge in [-0.3, -0.25) is 4.79 Å². The number of nitrogens with two attached hydrogens (primary N) is 1. The summed E-state index contributed by atoms with van der Waals surface area (Å²) in [5, 5.41) is 13.7. The molecule has 0 aliphatic rings. The van der Waals surface area contributed by atoms with Gasteiger partial charge in [-0.25, -0.2) is 0 Å². The van der Waals surface area contributed by atoms with Crippen LogP contribution >= 0.6 is 0 Å². The number of rotatable bonds is 8. The zero-order valence-electron chi connectivity index (χ0n) is 10.2. The van der Waals surface area contributed by atoms with Crippen molar-refractivity contribution in [3.63, 3.8) is 0 Å². The molecule has 0 saturated carbocycles. The molecule has 0 atom stereocenters. The molecule has 0 spiro atoms. The molecule has 0 saturated heterocycles. The quantitative estimate of drug-likeness (QED) is 0.596. The fourth-order valence-corrected chi connectivity index (χ4v) is 1.16. The van der Waals surface area contributed by atoms with Gasteiger partial charge in [0.15, 0.2) is 0 Å². The summed E-state index contributed by atoms with van der Waals surface area (Å²) in [5.74, 6) is 0.731. The maximum Gasteiger partial charge on any atom is 0.315 e. The highest BCUT2D eigenvalue weighted by atomic mass is 16.4. The van der Waals surface area contributed by atoms with Crippen molar-refractivity contribution in [1.82, 2.24) is 15.5 Å². The highest BCUT2D eigenvalue weighted by Gasteiger charge is 2.05. The van der Waals surface area contributed by atoms with Crippen LogP contribution in [0.15, 0.2) is 4.42 Å². The molecular formula is C10H19N5O2. The molecule has 7 heteroatoms. The highest BCUT2D eigenvalue weighted by Crippen LogP contribution is 2.04. The highest BCUT2D eigenvalue weighted by molar-refractivity contribution is 5.74. The van der Waals surface area contributed by atoms with Gasteiger partial charge in [0.1, 0.15) is 0 Å². The summed E-state index contributed by atoms with van der Waals surface area (Å²) in [6.45, 7) is 6.08. The summed E-state index contributed by atoms with van der Waals surface area (Å²) in [6.07, 6.45) is 0.239. The number of hydrogen-bond donors (Lipinski definition) is 3. The molecule has 17 heavy (non-hydrogen) atoms. The molecule has 0 aliphatic carbocycles. The van der Waals surface area contributed by atoms with Gasteiger partial charge in [-0.2, -0.15) is 0 Å². The molecule has 0 aliphatic heterocycles. The van der Waals surface area contributed by atoms with Crippen LogP contribution < -0.4 is 16.4 Å². The first kappa shape index (κ1) is 13.4. The van der Waals surface area contributed by atoms with E-state index in [0.29, 0.717) is 30.9 Å². The molecule has 0 unspecified atom stereocenters. The predicted octanol–water partition coefficient (Wildman–Crippen LogP) is 0.103. The maximum atomic E-state index is 10.5. The molecule has 1 amide bonds. The third kappa shape index (κ3) is 5.86. The van der Waals surface area contributed by atoms with E-state index in [1.54, 1.807) is 0 Å². The summed E-state index contributed by atoms with van der Waals surface area (Å²) in [5.41, 5.74) is 5.00. The first-order chi connectivity index (χ1) is 8.08. The topological polar surface area (TPSA) is 106 Å². The van der Waals surface area contributed by atoms with Crippen molar-refractivity contribution in [2.75, 3.05) is 18.4 Å². The van der Waals surface area contributed by atoms with Gasteiger partial charge in [0.2, 0.25) is 11.8 Å². The van der Waals surface area contributed by atoms with Crippen molar-refractivity contribution in [3.05, 3.63) is 5.89 Å². The standard InChI is InChI=1S/C10H19N5O2/c1-7(2)5-12-6-9-14-15-10(17-9)13-4-3-8(11)16/h7,12H,3-6H2,1-2H3,(H2,11,16)(H,13,15). The Hall–Kier alpha value is -1.63. The molecule has 0 bridgehead atoms. The first-order valence-corrected chi connectivity index (χ1v) is 5.63. The van der Waals surface area contributed by atoms with Gasteiger partial charge in [-0.1, -0.05) is 18.9 Å². The average molecular weight is 241 g/mol. The van der Waals surface area contributed by atoms with Crippen LogP contribution in [0.25, 0.3) is 0 Å². The molecule has 96 valence electrons. The van der Waals surface area contributed by atoms with E-state index < -0.39 is 0 Å². The third-order valence-electron chi connectivity index (χ3n) is 1.94. The van der Waals surface area contributed by atoms with Gasteiger partial charge < -0.3 is 20.8 Å². The Labute approximate surface area is 100 Å². The molecule has 1 heterocycles. The van der Waals surface area contributed by atoms with E-state index in [0.717, 1.165) is 6.54 Å². The second-order valence-corrected chi connectivity index (χ2v) is 4.17. The van der Waals surface area contributed by atoms with Gasteiger partial charge in [0.25, 0.3) is 0 Å². The molecule has 0 aromatic carbocycles. The minimum absolute atomic E-state index is 0.239. The second kappa shape index (κ2) is 6.85. The predicted molar refractivity (Wildman–Crippen MR) is 63.1 cm³/mol. The second-order valence-electron chi connectivity index (χ2n) is 4.17. The van der Waals surface area contributed by atoms with Crippen molar-refractivity contribution < 1.29 is 9.21 Å². The number of nitrogens with zero attached hydrogens (tertiary/aromatic N) is 2. The number of carbonyl (C=O) groups is 1. The molecule has 1 aromatic heterocycles. The summed E-state index contributed by atoms with van der Waals surface area (Å²) >= 11 is 0. The van der Waals surface area contributed by atoms with Crippen LogP contribution in [0.2, 0.25) is 0 Å². The lowest BCUT2D eigenvalue weighted by molar-refractivity contribution is -0.117. The fraction of sp³-hybridized carbons (Fsp3) is 0.700. The summed E-state index contributed by atoms with van der Waals surface area (Å²) in [7, 11) is 0. The molecule has 0 radical (unpaired) electrons. The molecule has 4 N–H and O–H groups in total. The van der Waals surface area contributed by atoms with Crippen LogP contribution in [0, 0.1) is 5.92 Å². The molecule has 1 aromatic rings. The number of nitrogens with one attached hydrogen (secondary N) is 2. The van der Waals surface area contributed by atoms with E-state index in [9.17, 15) is 4.79 Å². The van der Waals surface area contributed by atoms with Crippen LogP contribution in [0.1, 0.15) is 26.2 Å². The number of amides is 1. The number of carbonyl (C=O) groups excluding carboxylic acids is 1. The Bertz CT molecular complexity index is 350. The van der Waals surface area contributed by atoms with E-state index >= 15 is 0 Å². The van der Waals surface area contributed by atoms with Crippen LogP contribution in [0.3, 0.4) is 0 Å². The van der Waals surface area contributed by atoms with Gasteiger partial charge >= 0.3 is 6.01 Å². The van der Waals surface area contributed by atoms with Crippen LogP contribution in [0.5, 0.6) is 0 Å². The molecule has 0 fully saturated rings. The van der Waals surface area contributed by atoms with Gasteiger partial charge in [-0.05, 0) is 12.5 Å². The Morgan fingerprint density at radius 2 is 2.24 bits per heavy atom. The van der Waals surface area contributed by atoms with Gasteiger partial charge in [-0.15, -0.1) is 5.10 Å². The molecular weight excluding hydrogens is 222 g/mol. The molecule has 7 nitrogen and oxygen atoms in total. The number of aromatic nitrogens is 2. The zero-order chi connectivity index (χ0) is 12.7. The van der Waals surface area contributed by atoms with Gasteiger partial charge in [0.05, 0.1) is 6.54 Å². The lowest BCUT2D eigenvalue weighted by atomic mass is 10.2. The van der Waals surface area contributed by atoms with E-state index in [1.807, 2.05) is 0 Å². The van der Waals surface area contributed by atoms with E-state index in [-0.39, 0.29) is 12.3 Å². The molecule has 1 rings (SSSR count). The van der Waals surface area contributed by atoms with Crippen molar-refractivity contribution in [1.29, 1.82) is 0 Å². The Kier molecular flexibility index (Phi) is 5.41. The van der Waals surface area contributed by atoms with Gasteiger partial charge in [0, 0.05) is 13.0 Å². The van der Waals surface area contributed by atoms with Crippen molar-refractivity contribution >= 4 is 11.9 Å². The number of hydrogen-bond acceptors (Lipinski definition) is 6. The van der Waals surface area contributed by atoms with Crippen molar-refractivity contribution in [2.45, 2.75) is 26.8 Å². The first-order valence-electron chi connectivity index (χ1n) is 5.63. The minimum atomic E-state index is -0.365. The summed E-state index contributed by atoms with van der Waals surface area (Å²) in [4.78, 5) is 10.5. The lowest BCUT2D eigenvalue weighted by Crippen LogP contribution is -2.19. The smallest absolute Gasteiger partial charge is 0.315 e. The van der Waals surface area contributed by atoms with E-state index in [4.69, 9.17) is 10.2 Å². The third-order valence-corrected chi connectivity index (χ3v) is 1.94. The van der Waals surface area contributed by atoms with Crippen LogP contribution in [0.4, 0.5) is 6.01 Å². The fourth-order valence-electron chi connectivity index (χ4n) is 1.16. The average Bonchev–Trinajstić information content (AvgIpc) is 2.65.